The molecule has 0 saturated heterocycles. The van der Waals surface area contributed by atoms with Gasteiger partial charge >= 0.3 is 0 Å². The summed E-state index contributed by atoms with van der Waals surface area (Å²) in [7, 11) is 0. The monoisotopic (exact) mass is 312 g/mol. The van der Waals surface area contributed by atoms with Crippen LogP contribution in [0.1, 0.15) is 24.2 Å². The molecule has 6 heteroatoms. The molecule has 0 fully saturated rings. The molecular formula is C17H20N4O2. The van der Waals surface area contributed by atoms with Gasteiger partial charge in [-0.1, -0.05) is 18.2 Å². The van der Waals surface area contributed by atoms with Crippen LogP contribution in [-0.2, 0) is 6.42 Å². The van der Waals surface area contributed by atoms with Gasteiger partial charge in [0, 0.05) is 13.5 Å². The van der Waals surface area contributed by atoms with Gasteiger partial charge in [0.25, 0.3) is 5.71 Å². The molecule has 0 aliphatic heterocycles. The molecule has 120 valence electrons. The highest BCUT2D eigenvalue weighted by molar-refractivity contribution is 5.81. The van der Waals surface area contributed by atoms with Gasteiger partial charge in [-0.15, -0.1) is 0 Å². The lowest BCUT2D eigenvalue weighted by Gasteiger charge is -2.11. The Hall–Kier alpha value is -2.63. The van der Waals surface area contributed by atoms with E-state index in [1.165, 1.54) is 5.56 Å². The summed E-state index contributed by atoms with van der Waals surface area (Å²) in [5.74, 6) is 2.88. The highest BCUT2D eigenvalue weighted by Gasteiger charge is 2.12. The van der Waals surface area contributed by atoms with Gasteiger partial charge in [-0.25, -0.2) is 9.97 Å². The van der Waals surface area contributed by atoms with Crippen LogP contribution in [0.2, 0.25) is 0 Å². The van der Waals surface area contributed by atoms with E-state index in [9.17, 15) is 0 Å². The topological polar surface area (TPSA) is 73.1 Å². The predicted octanol–water partition coefficient (Wildman–Crippen LogP) is 3.29. The number of oxazole rings is 1. The van der Waals surface area contributed by atoms with E-state index in [2.05, 4.69) is 26.3 Å². The lowest BCUT2D eigenvalue weighted by Crippen LogP contribution is -2.09. The number of fused-ring (bicyclic) bond motifs is 1. The molecule has 6 nitrogen and oxygen atoms in total. The first-order chi connectivity index (χ1) is 11.2. The smallest absolute Gasteiger partial charge is 0.252 e. The van der Waals surface area contributed by atoms with Gasteiger partial charge in [0.1, 0.15) is 11.6 Å². The molecule has 2 aromatic heterocycles. The van der Waals surface area contributed by atoms with E-state index in [-0.39, 0.29) is 0 Å². The molecule has 23 heavy (non-hydrogen) atoms. The number of aryl methyl sites for hydroxylation is 2. The Morgan fingerprint density at radius 1 is 1.13 bits per heavy atom. The zero-order valence-corrected chi connectivity index (χ0v) is 13.6. The molecule has 0 unspecified atom stereocenters. The van der Waals surface area contributed by atoms with Crippen LogP contribution in [0.25, 0.3) is 11.2 Å². The zero-order chi connectivity index (χ0) is 16.2. The average molecular weight is 312 g/mol. The Morgan fingerprint density at radius 2 is 1.96 bits per heavy atom. The van der Waals surface area contributed by atoms with E-state index >= 15 is 0 Å². The highest BCUT2D eigenvalue weighted by Crippen LogP contribution is 2.22. The van der Waals surface area contributed by atoms with Crippen LogP contribution < -0.4 is 10.1 Å². The fourth-order valence-electron chi connectivity index (χ4n) is 2.48. The molecule has 0 bridgehead atoms. The molecule has 1 aromatic carbocycles. The number of para-hydroxylation sites is 1. The van der Waals surface area contributed by atoms with Crippen molar-refractivity contribution in [2.45, 2.75) is 27.2 Å². The Morgan fingerprint density at radius 3 is 2.78 bits per heavy atom. The van der Waals surface area contributed by atoms with Gasteiger partial charge in [-0.2, -0.15) is 4.98 Å². The number of anilines is 1. The van der Waals surface area contributed by atoms with Crippen LogP contribution in [0.4, 0.5) is 5.82 Å². The molecule has 3 aromatic rings. The first-order valence-electron chi connectivity index (χ1n) is 7.73. The molecule has 0 aliphatic rings. The Balaban J connectivity index is 1.74. The van der Waals surface area contributed by atoms with E-state index in [1.807, 2.05) is 32.0 Å². The van der Waals surface area contributed by atoms with Crippen LogP contribution in [0.3, 0.4) is 0 Å². The Labute approximate surface area is 134 Å². The summed E-state index contributed by atoms with van der Waals surface area (Å²) in [5, 5.41) is 3.33. The first kappa shape index (κ1) is 15.3. The number of nitrogens with one attached hydrogen (secondary N) is 1. The Bertz CT molecular complexity index is 813. The van der Waals surface area contributed by atoms with Crippen molar-refractivity contribution >= 4 is 17.0 Å². The van der Waals surface area contributed by atoms with Gasteiger partial charge in [-0.3, -0.25) is 0 Å². The second-order valence-electron chi connectivity index (χ2n) is 5.22. The van der Waals surface area contributed by atoms with Crippen molar-refractivity contribution in [2.24, 2.45) is 0 Å². The second-order valence-corrected chi connectivity index (χ2v) is 5.22. The molecule has 2 heterocycles. The quantitative estimate of drug-likeness (QED) is 0.753. The summed E-state index contributed by atoms with van der Waals surface area (Å²) < 4.78 is 11.1. The number of hydrogen-bond acceptors (Lipinski definition) is 6. The number of rotatable bonds is 6. The largest absolute Gasteiger partial charge is 0.494 e. The minimum Gasteiger partial charge on any atom is -0.494 e. The average Bonchev–Trinajstić information content (AvgIpc) is 2.89. The van der Waals surface area contributed by atoms with Crippen molar-refractivity contribution in [1.82, 2.24) is 15.0 Å². The molecule has 0 spiro atoms. The standard InChI is InChI=1S/C17H20N4O2/c1-4-22-14-8-6-5-7-13(14)9-10-18-16-15-17(20-11(2)19-16)23-12(3)21-15/h5-8H,4,9-10H2,1-3H3,(H,18,19,20). The Kier molecular flexibility index (Phi) is 4.41. The molecule has 0 saturated carbocycles. The summed E-state index contributed by atoms with van der Waals surface area (Å²) in [6.45, 7) is 7.02. The van der Waals surface area contributed by atoms with Gasteiger partial charge in [0.15, 0.2) is 17.2 Å². The molecule has 3 rings (SSSR count). The summed E-state index contributed by atoms with van der Waals surface area (Å²) in [5.41, 5.74) is 2.36. The van der Waals surface area contributed by atoms with E-state index in [4.69, 9.17) is 9.15 Å². The third-order valence-electron chi connectivity index (χ3n) is 3.44. The lowest BCUT2D eigenvalue weighted by molar-refractivity contribution is 0.336. The number of hydrogen-bond donors (Lipinski definition) is 1. The summed E-state index contributed by atoms with van der Waals surface area (Å²) in [6, 6.07) is 8.07. The molecule has 0 amide bonds. The van der Waals surface area contributed by atoms with Crippen molar-refractivity contribution < 1.29 is 9.15 Å². The van der Waals surface area contributed by atoms with Gasteiger partial charge in [0.05, 0.1) is 6.61 Å². The summed E-state index contributed by atoms with van der Waals surface area (Å²) in [4.78, 5) is 13.0. The maximum Gasteiger partial charge on any atom is 0.252 e. The summed E-state index contributed by atoms with van der Waals surface area (Å²) in [6.07, 6.45) is 0.831. The molecule has 0 atom stereocenters. The third-order valence-corrected chi connectivity index (χ3v) is 3.44. The molecular weight excluding hydrogens is 292 g/mol. The van der Waals surface area contributed by atoms with Gasteiger partial charge in [-0.05, 0) is 31.9 Å². The van der Waals surface area contributed by atoms with Crippen molar-refractivity contribution in [3.63, 3.8) is 0 Å². The number of benzene rings is 1. The van der Waals surface area contributed by atoms with E-state index in [0.29, 0.717) is 35.4 Å². The van der Waals surface area contributed by atoms with Crippen molar-refractivity contribution in [3.05, 3.63) is 41.5 Å². The second kappa shape index (κ2) is 6.64. The minimum absolute atomic E-state index is 0.521. The minimum atomic E-state index is 0.521. The van der Waals surface area contributed by atoms with Gasteiger partial charge < -0.3 is 14.5 Å². The SMILES string of the molecule is CCOc1ccccc1CCNc1nc(C)nc2oc(C)nc12. The maximum absolute atomic E-state index is 5.65. The van der Waals surface area contributed by atoms with Crippen LogP contribution in [0, 0.1) is 13.8 Å². The predicted molar refractivity (Wildman–Crippen MR) is 88.9 cm³/mol. The van der Waals surface area contributed by atoms with E-state index < -0.39 is 0 Å². The number of aromatic nitrogens is 3. The third kappa shape index (κ3) is 3.41. The van der Waals surface area contributed by atoms with Crippen LogP contribution in [0.5, 0.6) is 5.75 Å². The fourth-order valence-corrected chi connectivity index (χ4v) is 2.48. The lowest BCUT2D eigenvalue weighted by atomic mass is 10.1. The maximum atomic E-state index is 5.65. The van der Waals surface area contributed by atoms with E-state index in [1.54, 1.807) is 6.92 Å². The fraction of sp³-hybridized carbons (Fsp3) is 0.353. The van der Waals surface area contributed by atoms with Crippen molar-refractivity contribution in [3.8, 4) is 5.75 Å². The van der Waals surface area contributed by atoms with Crippen molar-refractivity contribution in [1.29, 1.82) is 0 Å². The number of nitrogens with zero attached hydrogens (tertiary/aromatic N) is 3. The van der Waals surface area contributed by atoms with E-state index in [0.717, 1.165) is 18.7 Å². The molecule has 1 N–H and O–H groups in total. The van der Waals surface area contributed by atoms with Gasteiger partial charge in [0.2, 0.25) is 0 Å². The molecule has 0 aliphatic carbocycles. The molecule has 0 radical (unpaired) electrons. The normalized spacial score (nSPS) is 10.9. The first-order valence-corrected chi connectivity index (χ1v) is 7.73. The van der Waals surface area contributed by atoms with Crippen LogP contribution in [0.15, 0.2) is 28.7 Å². The van der Waals surface area contributed by atoms with Crippen LogP contribution >= 0.6 is 0 Å². The number of ether oxygens (including phenoxy) is 1. The summed E-state index contributed by atoms with van der Waals surface area (Å²) >= 11 is 0. The highest BCUT2D eigenvalue weighted by atomic mass is 16.5. The van der Waals surface area contributed by atoms with Crippen molar-refractivity contribution in [2.75, 3.05) is 18.5 Å². The van der Waals surface area contributed by atoms with Crippen LogP contribution in [-0.4, -0.2) is 28.1 Å². The zero-order valence-electron chi connectivity index (χ0n) is 13.6.